The van der Waals surface area contributed by atoms with Crippen LogP contribution in [-0.4, -0.2) is 54.5 Å². The number of aromatic nitrogens is 3. The Morgan fingerprint density at radius 2 is 1.94 bits per heavy atom. The first-order valence-electron chi connectivity index (χ1n) is 11.5. The van der Waals surface area contributed by atoms with E-state index in [2.05, 4.69) is 49.3 Å². The molecule has 2 N–H and O–H groups in total. The van der Waals surface area contributed by atoms with Gasteiger partial charge in [0.2, 0.25) is 0 Å². The number of nitrogens with one attached hydrogen (secondary N) is 1. The van der Waals surface area contributed by atoms with Crippen molar-refractivity contribution in [3.8, 4) is 17.2 Å². The molecule has 0 saturated heterocycles. The number of hydrogen-bond donors (Lipinski definition) is 2. The lowest BCUT2D eigenvalue weighted by Gasteiger charge is -2.36. The molecule has 0 fully saturated rings. The molecule has 1 aromatic heterocycles. The standard InChI is InChI=1S/C25H33ClN4O5Si/c1-25(2,3)36(5,6)35-10-9-34-22-11-17(26)7-8-21(22)23(24(31)32)29-18-12-19(14-20(13-18)33-4)30-16-27-15-28-30/h7-8,11-16,23,29H,9-10H2,1-6H3,(H,31,32). The Bertz CT molecular complexity index is 1180. The highest BCUT2D eigenvalue weighted by molar-refractivity contribution is 6.74. The van der Waals surface area contributed by atoms with Crippen LogP contribution in [0.25, 0.3) is 5.69 Å². The maximum atomic E-state index is 12.4. The van der Waals surface area contributed by atoms with Crippen LogP contribution < -0.4 is 14.8 Å². The number of halogens is 1. The summed E-state index contributed by atoms with van der Waals surface area (Å²) in [7, 11) is -0.394. The van der Waals surface area contributed by atoms with Crippen LogP contribution in [0.15, 0.2) is 49.1 Å². The van der Waals surface area contributed by atoms with E-state index in [0.29, 0.717) is 40.1 Å². The molecule has 0 amide bonds. The molecule has 3 rings (SSSR count). The fourth-order valence-corrected chi connectivity index (χ4v) is 4.42. The molecule has 0 radical (unpaired) electrons. The van der Waals surface area contributed by atoms with Crippen LogP contribution in [0.5, 0.6) is 11.5 Å². The lowest BCUT2D eigenvalue weighted by molar-refractivity contribution is -0.138. The van der Waals surface area contributed by atoms with Crippen molar-refractivity contribution >= 4 is 31.6 Å². The molecule has 3 aromatic rings. The number of rotatable bonds is 11. The predicted molar refractivity (Wildman–Crippen MR) is 142 cm³/mol. The summed E-state index contributed by atoms with van der Waals surface area (Å²) in [5.41, 5.74) is 1.62. The van der Waals surface area contributed by atoms with Gasteiger partial charge in [0, 0.05) is 28.4 Å². The Morgan fingerprint density at radius 1 is 1.19 bits per heavy atom. The minimum absolute atomic E-state index is 0.0777. The molecule has 194 valence electrons. The molecule has 0 aliphatic rings. The third-order valence-corrected chi connectivity index (χ3v) is 11.0. The molecule has 0 aliphatic heterocycles. The Hall–Kier alpha value is -3.08. The van der Waals surface area contributed by atoms with Gasteiger partial charge in [-0.05, 0) is 36.3 Å². The van der Waals surface area contributed by atoms with E-state index in [-0.39, 0.29) is 11.6 Å². The summed E-state index contributed by atoms with van der Waals surface area (Å²) in [6, 6.07) is 9.03. The van der Waals surface area contributed by atoms with E-state index in [1.165, 1.54) is 13.4 Å². The van der Waals surface area contributed by atoms with Crippen molar-refractivity contribution in [3.63, 3.8) is 0 Å². The van der Waals surface area contributed by atoms with Crippen LogP contribution in [-0.2, 0) is 9.22 Å². The normalized spacial score (nSPS) is 12.8. The van der Waals surface area contributed by atoms with Crippen molar-refractivity contribution in [2.45, 2.75) is 44.9 Å². The van der Waals surface area contributed by atoms with E-state index in [1.807, 2.05) is 0 Å². The Labute approximate surface area is 217 Å². The van der Waals surface area contributed by atoms with E-state index in [4.69, 9.17) is 25.5 Å². The first kappa shape index (κ1) is 27.5. The monoisotopic (exact) mass is 532 g/mol. The Morgan fingerprint density at radius 3 is 2.56 bits per heavy atom. The van der Waals surface area contributed by atoms with Crippen molar-refractivity contribution in [2.75, 3.05) is 25.6 Å². The lowest BCUT2D eigenvalue weighted by Crippen LogP contribution is -2.41. The fourth-order valence-electron chi connectivity index (χ4n) is 3.23. The number of hydrogen-bond acceptors (Lipinski definition) is 7. The van der Waals surface area contributed by atoms with Crippen molar-refractivity contribution in [3.05, 3.63) is 59.6 Å². The third-order valence-electron chi connectivity index (χ3n) is 6.26. The number of methoxy groups -OCH3 is 1. The number of carbonyl (C=O) groups is 1. The van der Waals surface area contributed by atoms with Crippen LogP contribution in [0.1, 0.15) is 32.4 Å². The molecule has 1 unspecified atom stereocenters. The van der Waals surface area contributed by atoms with Crippen molar-refractivity contribution in [1.29, 1.82) is 0 Å². The summed E-state index contributed by atoms with van der Waals surface area (Å²) in [6.07, 6.45) is 2.96. The maximum Gasteiger partial charge on any atom is 0.330 e. The molecule has 0 bridgehead atoms. The van der Waals surface area contributed by atoms with Gasteiger partial charge < -0.3 is 24.3 Å². The Balaban J connectivity index is 1.84. The predicted octanol–water partition coefficient (Wildman–Crippen LogP) is 5.57. The van der Waals surface area contributed by atoms with Gasteiger partial charge in [0.15, 0.2) is 14.4 Å². The van der Waals surface area contributed by atoms with Gasteiger partial charge in [-0.25, -0.2) is 14.5 Å². The van der Waals surface area contributed by atoms with Gasteiger partial charge in [-0.2, -0.15) is 5.10 Å². The van der Waals surface area contributed by atoms with E-state index in [9.17, 15) is 9.90 Å². The van der Waals surface area contributed by atoms with Crippen LogP contribution in [0.2, 0.25) is 23.2 Å². The summed E-state index contributed by atoms with van der Waals surface area (Å²) >= 11 is 6.22. The molecule has 11 heteroatoms. The van der Waals surface area contributed by atoms with Gasteiger partial charge in [-0.15, -0.1) is 0 Å². The lowest BCUT2D eigenvalue weighted by atomic mass is 10.0. The molecule has 0 spiro atoms. The second-order valence-corrected chi connectivity index (χ2v) is 15.1. The molecule has 36 heavy (non-hydrogen) atoms. The van der Waals surface area contributed by atoms with Gasteiger partial charge in [0.1, 0.15) is 30.8 Å². The van der Waals surface area contributed by atoms with Gasteiger partial charge in [0.25, 0.3) is 0 Å². The summed E-state index contributed by atoms with van der Waals surface area (Å²) < 4.78 is 19.1. The number of benzene rings is 2. The third kappa shape index (κ3) is 6.77. The fraction of sp³-hybridized carbons (Fsp3) is 0.400. The second-order valence-electron chi connectivity index (χ2n) is 9.81. The van der Waals surface area contributed by atoms with E-state index in [1.54, 1.807) is 47.4 Å². The molecule has 9 nitrogen and oxygen atoms in total. The molecule has 1 heterocycles. The zero-order valence-corrected chi connectivity index (χ0v) is 23.2. The summed E-state index contributed by atoms with van der Waals surface area (Å²) in [5.74, 6) is -0.171. The molecule has 2 aromatic carbocycles. The number of carboxylic acids is 1. The number of anilines is 1. The van der Waals surface area contributed by atoms with Crippen molar-refractivity contribution in [1.82, 2.24) is 14.8 Å². The first-order chi connectivity index (χ1) is 16.9. The maximum absolute atomic E-state index is 12.4. The number of aliphatic carboxylic acids is 1. The molecule has 1 atom stereocenters. The SMILES string of the molecule is COc1cc(NC(C(=O)O)c2ccc(Cl)cc2OCCO[Si](C)(C)C(C)(C)C)cc(-n2cncn2)c1. The largest absolute Gasteiger partial charge is 0.497 e. The average Bonchev–Trinajstić information content (AvgIpc) is 3.35. The first-order valence-corrected chi connectivity index (χ1v) is 14.8. The van der Waals surface area contributed by atoms with Gasteiger partial charge in [0.05, 0.1) is 19.4 Å². The minimum atomic E-state index is -1.93. The minimum Gasteiger partial charge on any atom is -0.497 e. The summed E-state index contributed by atoms with van der Waals surface area (Å²) in [5, 5.41) is 17.8. The van der Waals surface area contributed by atoms with E-state index in [0.717, 1.165) is 0 Å². The molecular formula is C25H33ClN4O5Si. The van der Waals surface area contributed by atoms with Gasteiger partial charge in [-0.1, -0.05) is 38.4 Å². The zero-order chi connectivity index (χ0) is 26.5. The quantitative estimate of drug-likeness (QED) is 0.244. The smallest absolute Gasteiger partial charge is 0.330 e. The van der Waals surface area contributed by atoms with Crippen LogP contribution in [0.3, 0.4) is 0 Å². The highest BCUT2D eigenvalue weighted by Gasteiger charge is 2.37. The highest BCUT2D eigenvalue weighted by atomic mass is 35.5. The molecule has 0 saturated carbocycles. The number of nitrogens with zero attached hydrogens (tertiary/aromatic N) is 3. The van der Waals surface area contributed by atoms with Gasteiger partial charge in [-0.3, -0.25) is 0 Å². The van der Waals surface area contributed by atoms with Gasteiger partial charge >= 0.3 is 5.97 Å². The number of carboxylic acid groups (broad SMARTS) is 1. The van der Waals surface area contributed by atoms with Crippen LogP contribution >= 0.6 is 11.6 Å². The van der Waals surface area contributed by atoms with Crippen LogP contribution in [0, 0.1) is 0 Å². The summed E-state index contributed by atoms with van der Waals surface area (Å²) in [4.78, 5) is 16.3. The molecule has 0 aliphatic carbocycles. The summed E-state index contributed by atoms with van der Waals surface area (Å²) in [6.45, 7) is 11.5. The van der Waals surface area contributed by atoms with Crippen molar-refractivity contribution in [2.24, 2.45) is 0 Å². The zero-order valence-electron chi connectivity index (χ0n) is 21.4. The Kier molecular flexibility index (Phi) is 8.65. The van der Waals surface area contributed by atoms with Crippen LogP contribution in [0.4, 0.5) is 5.69 Å². The highest BCUT2D eigenvalue weighted by Crippen LogP contribution is 2.37. The van der Waals surface area contributed by atoms with Crippen molar-refractivity contribution < 1.29 is 23.8 Å². The van der Waals surface area contributed by atoms with E-state index >= 15 is 0 Å². The number of ether oxygens (including phenoxy) is 2. The van der Waals surface area contributed by atoms with E-state index < -0.39 is 20.3 Å². The molecular weight excluding hydrogens is 500 g/mol. The average molecular weight is 533 g/mol. The topological polar surface area (TPSA) is 108 Å². The second kappa shape index (κ2) is 11.3.